The zero-order valence-corrected chi connectivity index (χ0v) is 16.3. The van der Waals surface area contributed by atoms with Crippen LogP contribution in [0.2, 0.25) is 0 Å². The summed E-state index contributed by atoms with van der Waals surface area (Å²) in [5.41, 5.74) is 0. The van der Waals surface area contributed by atoms with Crippen molar-refractivity contribution in [2.24, 2.45) is 0 Å². The number of aliphatic carboxylic acids is 1. The van der Waals surface area contributed by atoms with E-state index in [0.717, 1.165) is 0 Å². The summed E-state index contributed by atoms with van der Waals surface area (Å²) in [5, 5.41) is 10.00. The molecule has 0 spiro atoms. The molecule has 0 heterocycles. The molecule has 0 aromatic heterocycles. The van der Waals surface area contributed by atoms with Gasteiger partial charge < -0.3 is 9.90 Å². The molecule has 0 radical (unpaired) electrons. The first-order valence-corrected chi connectivity index (χ1v) is 7.55. The van der Waals surface area contributed by atoms with Crippen LogP contribution in [0.4, 0.5) is 57.1 Å². The molecule has 0 aliphatic rings. The van der Waals surface area contributed by atoms with E-state index in [1.54, 1.807) is 0 Å². The molecule has 0 rings (SSSR count). The Hall–Kier alpha value is -0.0900. The summed E-state index contributed by atoms with van der Waals surface area (Å²) in [6.07, 6.45) is -10.6. The molecule has 0 saturated heterocycles. The Morgan fingerprint density at radius 2 is 1.07 bits per heavy atom. The number of carboxylic acid groups (broad SMARTS) is 1. The topological polar surface area (TPSA) is 40.1 Å². The third-order valence-electron chi connectivity index (χ3n) is 3.01. The van der Waals surface area contributed by atoms with Gasteiger partial charge in [0.15, 0.2) is 0 Å². The molecule has 0 aromatic carbocycles. The minimum atomic E-state index is -7.91. The van der Waals surface area contributed by atoms with Crippen molar-refractivity contribution in [1.29, 1.82) is 0 Å². The minimum Gasteiger partial charge on any atom is -0.550 e. The molecule has 0 aliphatic carbocycles. The summed E-state index contributed by atoms with van der Waals surface area (Å²) in [6.45, 7) is 0. The third kappa shape index (κ3) is 5.53. The van der Waals surface area contributed by atoms with E-state index in [0.29, 0.717) is 0 Å². The number of carbonyl (C=O) groups is 1. The molecule has 17 heteroatoms. The van der Waals surface area contributed by atoms with Crippen LogP contribution in [0.15, 0.2) is 0 Å². The van der Waals surface area contributed by atoms with Crippen molar-refractivity contribution in [3.05, 3.63) is 0 Å². The van der Waals surface area contributed by atoms with Crippen LogP contribution in [0, 0.1) is 0 Å². The zero-order chi connectivity index (χ0) is 22.1. The number of hydrogen-bond acceptors (Lipinski definition) is 3. The van der Waals surface area contributed by atoms with Crippen LogP contribution in [-0.2, 0) is 4.79 Å². The normalized spacial score (nSPS) is 14.6. The maximum absolute atomic E-state index is 13.3. The van der Waals surface area contributed by atoms with Gasteiger partial charge in [0, 0.05) is 12.4 Å². The second-order valence-corrected chi connectivity index (χ2v) is 6.21. The fourth-order valence-corrected chi connectivity index (χ4v) is 2.33. The van der Waals surface area contributed by atoms with Crippen molar-refractivity contribution in [3.63, 3.8) is 0 Å². The summed E-state index contributed by atoms with van der Waals surface area (Å²) in [4.78, 5) is 10.00. The summed E-state index contributed by atoms with van der Waals surface area (Å²) in [6, 6.07) is 0. The average Bonchev–Trinajstić information content (AvgIpc) is 2.44. The van der Waals surface area contributed by atoms with Crippen molar-refractivity contribution in [2.45, 2.75) is 48.6 Å². The maximum Gasteiger partial charge on any atom is 1.00 e. The van der Waals surface area contributed by atoms with Gasteiger partial charge in [0.25, 0.3) is 0 Å². The quantitative estimate of drug-likeness (QED) is 0.270. The van der Waals surface area contributed by atoms with Crippen LogP contribution in [0.3, 0.4) is 0 Å². The van der Waals surface area contributed by atoms with Gasteiger partial charge in [-0.2, -0.15) is 68.8 Å². The van der Waals surface area contributed by atoms with Crippen LogP contribution in [0.5, 0.6) is 0 Å². The summed E-state index contributed by atoms with van der Waals surface area (Å²) in [7, 11) is 0. The Labute approximate surface area is 174 Å². The van der Waals surface area contributed by atoms with Crippen molar-refractivity contribution < 1.29 is 96.5 Å². The van der Waals surface area contributed by atoms with Gasteiger partial charge in [-0.1, -0.05) is 0 Å². The molecular formula is C11H8F13NaO2S. The van der Waals surface area contributed by atoms with E-state index in [1.807, 2.05) is 0 Å². The van der Waals surface area contributed by atoms with E-state index >= 15 is 0 Å². The van der Waals surface area contributed by atoms with Gasteiger partial charge in [-0.15, -0.1) is 0 Å². The number of carbonyl (C=O) groups excluding carboxylic acids is 1. The summed E-state index contributed by atoms with van der Waals surface area (Å²) < 4.78 is 166. The first-order valence-electron chi connectivity index (χ1n) is 6.40. The van der Waals surface area contributed by atoms with Crippen LogP contribution in [0.1, 0.15) is 12.8 Å². The molecule has 28 heavy (non-hydrogen) atoms. The van der Waals surface area contributed by atoms with Crippen molar-refractivity contribution >= 4 is 17.7 Å². The molecule has 0 aliphatic heterocycles. The van der Waals surface area contributed by atoms with Crippen LogP contribution in [-0.4, -0.2) is 53.3 Å². The maximum atomic E-state index is 13.3. The SMILES string of the molecule is O=C([O-])CCSCCC(F)(F)C(F)(F)C(F)(F)C(F)(F)C(F)(F)C(F)(F)F.[Na+]. The number of rotatable bonds is 10. The van der Waals surface area contributed by atoms with Gasteiger partial charge in [-0.3, -0.25) is 0 Å². The van der Waals surface area contributed by atoms with Crippen molar-refractivity contribution in [1.82, 2.24) is 0 Å². The van der Waals surface area contributed by atoms with Gasteiger partial charge in [0.1, 0.15) is 0 Å². The second kappa shape index (κ2) is 9.37. The van der Waals surface area contributed by atoms with Crippen LogP contribution < -0.4 is 34.7 Å². The van der Waals surface area contributed by atoms with Gasteiger partial charge in [-0.05, 0) is 17.9 Å². The smallest absolute Gasteiger partial charge is 0.550 e. The van der Waals surface area contributed by atoms with Gasteiger partial charge in [0.05, 0.1) is 0 Å². The van der Waals surface area contributed by atoms with Gasteiger partial charge >= 0.3 is 65.3 Å². The molecular weight excluding hydrogens is 466 g/mol. The van der Waals surface area contributed by atoms with E-state index in [-0.39, 0.29) is 41.3 Å². The zero-order valence-electron chi connectivity index (χ0n) is 13.5. The summed E-state index contributed by atoms with van der Waals surface area (Å²) >= 11 is 0.158. The number of thioether (sulfide) groups is 1. The van der Waals surface area contributed by atoms with E-state index in [9.17, 15) is 67.0 Å². The first-order chi connectivity index (χ1) is 11.7. The first kappa shape index (κ1) is 30.1. The molecule has 162 valence electrons. The van der Waals surface area contributed by atoms with Crippen LogP contribution in [0.25, 0.3) is 0 Å². The molecule has 0 bridgehead atoms. The minimum absolute atomic E-state index is 0. The number of alkyl halides is 13. The number of carboxylic acids is 1. The Kier molecular flexibility index (Phi) is 10.1. The Morgan fingerprint density at radius 3 is 1.43 bits per heavy atom. The van der Waals surface area contributed by atoms with Crippen molar-refractivity contribution in [2.75, 3.05) is 11.5 Å². The van der Waals surface area contributed by atoms with E-state index in [2.05, 4.69) is 0 Å². The predicted molar refractivity (Wildman–Crippen MR) is 62.4 cm³/mol. The van der Waals surface area contributed by atoms with Gasteiger partial charge in [-0.25, -0.2) is 0 Å². The Morgan fingerprint density at radius 1 is 0.679 bits per heavy atom. The van der Waals surface area contributed by atoms with Crippen molar-refractivity contribution in [3.8, 4) is 0 Å². The van der Waals surface area contributed by atoms with E-state index < -0.39 is 66.1 Å². The predicted octanol–water partition coefficient (Wildman–Crippen LogP) is 0.993. The average molecular weight is 474 g/mol. The molecule has 0 atom stereocenters. The molecule has 0 N–H and O–H groups in total. The Balaban J connectivity index is 0. The van der Waals surface area contributed by atoms with E-state index in [1.165, 1.54) is 0 Å². The second-order valence-electron chi connectivity index (χ2n) is 4.98. The molecule has 0 unspecified atom stereocenters. The molecule has 2 nitrogen and oxygen atoms in total. The molecule has 0 saturated carbocycles. The number of halogens is 13. The summed E-state index contributed by atoms with van der Waals surface area (Å²) in [5.74, 6) is -40.3. The monoisotopic (exact) mass is 474 g/mol. The Bertz CT molecular complexity index is 535. The third-order valence-corrected chi connectivity index (χ3v) is 3.99. The standard InChI is InChI=1S/C11H9F13O2S.Na/c12-6(13,2-4-27-3-1-5(25)26)7(14,15)8(16,17)9(18,19)10(20,21)11(22,23)24;/h1-4H2,(H,25,26);/q;+1/p-1. The molecule has 0 fully saturated rings. The fourth-order valence-electron chi connectivity index (χ4n) is 1.42. The molecule has 0 aromatic rings. The number of hydrogen-bond donors (Lipinski definition) is 0. The van der Waals surface area contributed by atoms with E-state index in [4.69, 9.17) is 0 Å². The fraction of sp³-hybridized carbons (Fsp3) is 0.909. The van der Waals surface area contributed by atoms with Gasteiger partial charge in [0.2, 0.25) is 0 Å². The van der Waals surface area contributed by atoms with Crippen LogP contribution >= 0.6 is 11.8 Å². The largest absolute Gasteiger partial charge is 1.00 e. The molecule has 0 amide bonds.